The van der Waals surface area contributed by atoms with Crippen LogP contribution in [0.15, 0.2) is 24.3 Å². The van der Waals surface area contributed by atoms with Gasteiger partial charge in [-0.3, -0.25) is 4.79 Å². The summed E-state index contributed by atoms with van der Waals surface area (Å²) in [5, 5.41) is -1.03. The zero-order valence-corrected chi connectivity index (χ0v) is 10.6. The maximum atomic E-state index is 12.7. The van der Waals surface area contributed by atoms with Crippen LogP contribution >= 0.6 is 0 Å². The van der Waals surface area contributed by atoms with Gasteiger partial charge in [0.15, 0.2) is 15.6 Å². The molecule has 5 heteroatoms. The van der Waals surface area contributed by atoms with Crippen LogP contribution in [0.25, 0.3) is 0 Å². The van der Waals surface area contributed by atoms with E-state index in [4.69, 9.17) is 0 Å². The zero-order chi connectivity index (χ0) is 13.1. The second-order valence-electron chi connectivity index (χ2n) is 3.72. The number of sulfone groups is 1. The van der Waals surface area contributed by atoms with E-state index >= 15 is 0 Å². The molecule has 0 spiro atoms. The van der Waals surface area contributed by atoms with Crippen molar-refractivity contribution in [2.24, 2.45) is 0 Å². The van der Waals surface area contributed by atoms with Crippen molar-refractivity contribution in [2.45, 2.75) is 25.5 Å². The van der Waals surface area contributed by atoms with Gasteiger partial charge in [0.1, 0.15) is 11.1 Å². The van der Waals surface area contributed by atoms with Crippen LogP contribution < -0.4 is 0 Å². The number of hydrogen-bond donors (Lipinski definition) is 0. The van der Waals surface area contributed by atoms with Crippen molar-refractivity contribution in [3.05, 3.63) is 35.6 Å². The van der Waals surface area contributed by atoms with Crippen LogP contribution in [-0.4, -0.2) is 25.2 Å². The first kappa shape index (κ1) is 13.8. The molecule has 0 saturated heterocycles. The minimum Gasteiger partial charge on any atom is -0.293 e. The van der Waals surface area contributed by atoms with Gasteiger partial charge in [0.2, 0.25) is 0 Å². The highest BCUT2D eigenvalue weighted by molar-refractivity contribution is 7.92. The van der Waals surface area contributed by atoms with Gasteiger partial charge in [-0.25, -0.2) is 12.8 Å². The first-order valence-electron chi connectivity index (χ1n) is 5.43. The van der Waals surface area contributed by atoms with Gasteiger partial charge in [0, 0.05) is 11.3 Å². The van der Waals surface area contributed by atoms with Crippen molar-refractivity contribution >= 4 is 15.6 Å². The van der Waals surface area contributed by atoms with E-state index < -0.39 is 26.7 Å². The normalized spacial score (nSPS) is 13.4. The molecule has 0 saturated carbocycles. The van der Waals surface area contributed by atoms with Crippen molar-refractivity contribution < 1.29 is 17.6 Å². The summed E-state index contributed by atoms with van der Waals surface area (Å²) in [6.45, 7) is 3.16. The second kappa shape index (κ2) is 5.40. The predicted octanol–water partition coefficient (Wildman–Crippen LogP) is 2.22. The number of hydrogen-bond acceptors (Lipinski definition) is 3. The van der Waals surface area contributed by atoms with Crippen molar-refractivity contribution in [1.82, 2.24) is 0 Å². The number of halogens is 1. The average Bonchev–Trinajstić information content (AvgIpc) is 2.30. The lowest BCUT2D eigenvalue weighted by molar-refractivity contribution is 0.0985. The van der Waals surface area contributed by atoms with Crippen LogP contribution in [0.5, 0.6) is 0 Å². The van der Waals surface area contributed by atoms with Crippen molar-refractivity contribution in [2.75, 3.05) is 5.75 Å². The lowest BCUT2D eigenvalue weighted by atomic mass is 10.1. The summed E-state index contributed by atoms with van der Waals surface area (Å²) in [5.74, 6) is -0.986. The second-order valence-corrected chi connectivity index (χ2v) is 6.19. The Bertz CT molecular complexity index is 491. The number of benzene rings is 1. The molecule has 94 valence electrons. The lowest BCUT2D eigenvalue weighted by Crippen LogP contribution is -2.31. The number of carbonyl (C=O) groups is 1. The van der Waals surface area contributed by atoms with Crippen LogP contribution in [0.1, 0.15) is 30.6 Å². The van der Waals surface area contributed by atoms with Gasteiger partial charge >= 0.3 is 0 Å². The summed E-state index contributed by atoms with van der Waals surface area (Å²) < 4.78 is 36.1. The maximum absolute atomic E-state index is 12.7. The van der Waals surface area contributed by atoms with Gasteiger partial charge in [-0.15, -0.1) is 0 Å². The van der Waals surface area contributed by atoms with Gasteiger partial charge < -0.3 is 0 Å². The van der Waals surface area contributed by atoms with E-state index in [1.807, 2.05) is 0 Å². The smallest absolute Gasteiger partial charge is 0.180 e. The average molecular weight is 258 g/mol. The molecule has 3 nitrogen and oxygen atoms in total. The Morgan fingerprint density at radius 2 is 1.76 bits per heavy atom. The Hall–Kier alpha value is -1.23. The fourth-order valence-electron chi connectivity index (χ4n) is 1.60. The molecule has 0 aliphatic heterocycles. The summed E-state index contributed by atoms with van der Waals surface area (Å²) in [6, 6.07) is 4.92. The summed E-state index contributed by atoms with van der Waals surface area (Å²) in [5.41, 5.74) is 0.232. The first-order valence-corrected chi connectivity index (χ1v) is 7.15. The Kier molecular flexibility index (Phi) is 4.40. The molecule has 0 N–H and O–H groups in total. The van der Waals surface area contributed by atoms with E-state index in [-0.39, 0.29) is 17.7 Å². The monoisotopic (exact) mass is 258 g/mol. The molecule has 1 unspecified atom stereocenters. The maximum Gasteiger partial charge on any atom is 0.180 e. The quantitative estimate of drug-likeness (QED) is 0.761. The van der Waals surface area contributed by atoms with E-state index in [9.17, 15) is 17.6 Å². The van der Waals surface area contributed by atoms with Crippen molar-refractivity contribution in [1.29, 1.82) is 0 Å². The molecule has 1 atom stereocenters. The molecule has 0 radical (unpaired) electrons. The highest BCUT2D eigenvalue weighted by Gasteiger charge is 2.29. The van der Waals surface area contributed by atoms with E-state index in [0.29, 0.717) is 0 Å². The highest BCUT2D eigenvalue weighted by Crippen LogP contribution is 2.15. The Morgan fingerprint density at radius 1 is 1.24 bits per heavy atom. The topological polar surface area (TPSA) is 51.2 Å². The van der Waals surface area contributed by atoms with E-state index in [1.165, 1.54) is 19.1 Å². The standard InChI is InChI=1S/C12H15FO3S/c1-3-11(17(15,16)4-2)12(14)9-5-7-10(13)8-6-9/h5-8,11H,3-4H2,1-2H3. The molecule has 1 aromatic carbocycles. The Labute approximate surface area is 101 Å². The molecular weight excluding hydrogens is 243 g/mol. The fourth-order valence-corrected chi connectivity index (χ4v) is 2.98. The van der Waals surface area contributed by atoms with Crippen LogP contribution in [0.2, 0.25) is 0 Å². The third-order valence-corrected chi connectivity index (χ3v) is 4.85. The SMILES string of the molecule is CCC(C(=O)c1ccc(F)cc1)S(=O)(=O)CC. The molecule has 1 aromatic rings. The van der Waals surface area contributed by atoms with Gasteiger partial charge in [-0.1, -0.05) is 13.8 Å². The molecule has 0 heterocycles. The van der Waals surface area contributed by atoms with E-state index in [0.717, 1.165) is 12.1 Å². The molecule has 0 bridgehead atoms. The molecule has 1 rings (SSSR count). The third-order valence-electron chi connectivity index (χ3n) is 2.63. The summed E-state index contributed by atoms with van der Waals surface area (Å²) in [6.07, 6.45) is 0.229. The van der Waals surface area contributed by atoms with Crippen LogP contribution in [0.4, 0.5) is 4.39 Å². The Balaban J connectivity index is 3.07. The number of rotatable bonds is 5. The molecule has 0 fully saturated rings. The highest BCUT2D eigenvalue weighted by atomic mass is 32.2. The van der Waals surface area contributed by atoms with Gasteiger partial charge in [-0.2, -0.15) is 0 Å². The zero-order valence-electron chi connectivity index (χ0n) is 9.81. The van der Waals surface area contributed by atoms with Gasteiger partial charge in [0.25, 0.3) is 0 Å². The van der Waals surface area contributed by atoms with E-state index in [2.05, 4.69) is 0 Å². The van der Waals surface area contributed by atoms with Gasteiger partial charge in [0.05, 0.1) is 0 Å². The molecular formula is C12H15FO3S. The van der Waals surface area contributed by atoms with E-state index in [1.54, 1.807) is 6.92 Å². The molecule has 0 aromatic heterocycles. The van der Waals surface area contributed by atoms with Crippen LogP contribution in [0.3, 0.4) is 0 Å². The number of carbonyl (C=O) groups excluding carboxylic acids is 1. The molecule has 17 heavy (non-hydrogen) atoms. The predicted molar refractivity (Wildman–Crippen MR) is 64.3 cm³/mol. The lowest BCUT2D eigenvalue weighted by Gasteiger charge is -2.13. The summed E-state index contributed by atoms with van der Waals surface area (Å²) >= 11 is 0. The third kappa shape index (κ3) is 3.12. The van der Waals surface area contributed by atoms with Crippen LogP contribution in [0, 0.1) is 5.82 Å². The minimum absolute atomic E-state index is 0.0710. The molecule has 0 aliphatic rings. The number of ketones is 1. The summed E-state index contributed by atoms with van der Waals surface area (Å²) in [4.78, 5) is 12.0. The largest absolute Gasteiger partial charge is 0.293 e. The number of Topliss-reactive ketones (excluding diaryl/α,β-unsaturated/α-hetero) is 1. The minimum atomic E-state index is -3.41. The van der Waals surface area contributed by atoms with Gasteiger partial charge in [-0.05, 0) is 30.7 Å². The summed E-state index contributed by atoms with van der Waals surface area (Å²) in [7, 11) is -3.41. The van der Waals surface area contributed by atoms with Crippen molar-refractivity contribution in [3.8, 4) is 0 Å². The fraction of sp³-hybridized carbons (Fsp3) is 0.417. The van der Waals surface area contributed by atoms with Crippen LogP contribution in [-0.2, 0) is 9.84 Å². The Morgan fingerprint density at radius 3 is 2.18 bits per heavy atom. The molecule has 0 aliphatic carbocycles. The first-order chi connectivity index (χ1) is 7.92. The molecule has 0 amide bonds. The van der Waals surface area contributed by atoms with Crippen molar-refractivity contribution in [3.63, 3.8) is 0 Å².